The summed E-state index contributed by atoms with van der Waals surface area (Å²) in [6.07, 6.45) is 5.76. The first kappa shape index (κ1) is 12.0. The third-order valence-corrected chi connectivity index (χ3v) is 4.17. The summed E-state index contributed by atoms with van der Waals surface area (Å²) in [5.74, 6) is 0.164. The van der Waals surface area contributed by atoms with E-state index in [1.54, 1.807) is 6.92 Å². The third-order valence-electron chi connectivity index (χ3n) is 1.76. The Bertz CT molecular complexity index is 377. The fourth-order valence-corrected chi connectivity index (χ4v) is 2.78. The molecule has 0 atom stereocenters. The molecule has 0 saturated carbocycles. The number of hydrogen-bond donors (Lipinski definition) is 0. The van der Waals surface area contributed by atoms with Crippen molar-refractivity contribution in [3.05, 3.63) is 53.0 Å². The molecule has 1 nitrogen and oxygen atoms in total. The summed E-state index contributed by atoms with van der Waals surface area (Å²) in [5.41, 5.74) is 0. The van der Waals surface area contributed by atoms with Gasteiger partial charge in [-0.05, 0) is 0 Å². The van der Waals surface area contributed by atoms with Gasteiger partial charge in [0, 0.05) is 0 Å². The molecule has 0 spiro atoms. The first-order valence-corrected chi connectivity index (χ1v) is 6.52. The maximum absolute atomic E-state index is 11.4. The summed E-state index contributed by atoms with van der Waals surface area (Å²) < 4.78 is 2.14. The van der Waals surface area contributed by atoms with E-state index >= 15 is 0 Å². The van der Waals surface area contributed by atoms with Crippen LogP contribution in [0.5, 0.6) is 0 Å². The standard InChI is InChI=1S/C13H14OSe/c1-3-4-10-13(11(2)14)15-12-8-6-5-7-9-12/h3-10H,1-2H3/b4-3+,13-10-. The van der Waals surface area contributed by atoms with Gasteiger partial charge in [-0.3, -0.25) is 0 Å². The van der Waals surface area contributed by atoms with Gasteiger partial charge in [0.1, 0.15) is 0 Å². The van der Waals surface area contributed by atoms with Gasteiger partial charge >= 0.3 is 96.9 Å². The molecule has 0 fully saturated rings. The molecule has 0 radical (unpaired) electrons. The summed E-state index contributed by atoms with van der Waals surface area (Å²) in [5, 5.41) is 0. The summed E-state index contributed by atoms with van der Waals surface area (Å²) in [7, 11) is 0. The number of benzene rings is 1. The van der Waals surface area contributed by atoms with Gasteiger partial charge in [0.2, 0.25) is 0 Å². The van der Waals surface area contributed by atoms with Gasteiger partial charge in [-0.25, -0.2) is 0 Å². The average molecular weight is 265 g/mol. The minimum absolute atomic E-state index is 0.118. The fraction of sp³-hybridized carbons (Fsp3) is 0.154. The Labute approximate surface area is 97.0 Å². The predicted octanol–water partition coefficient (Wildman–Crippen LogP) is 2.07. The van der Waals surface area contributed by atoms with Crippen molar-refractivity contribution >= 4 is 25.2 Å². The molecule has 1 aromatic rings. The minimum atomic E-state index is 0.118. The number of Topliss-reactive ketones (excluding diaryl/α,β-unsaturated/α-hetero) is 1. The third kappa shape index (κ3) is 4.28. The monoisotopic (exact) mass is 266 g/mol. The molecule has 0 aliphatic rings. The molecule has 0 amide bonds. The van der Waals surface area contributed by atoms with Gasteiger partial charge in [-0.1, -0.05) is 0 Å². The fourth-order valence-electron chi connectivity index (χ4n) is 1.02. The second-order valence-electron chi connectivity index (χ2n) is 3.03. The predicted molar refractivity (Wildman–Crippen MR) is 65.4 cm³/mol. The zero-order valence-corrected chi connectivity index (χ0v) is 10.6. The Balaban J connectivity index is 2.81. The summed E-state index contributed by atoms with van der Waals surface area (Å²) in [6, 6.07) is 10.1. The van der Waals surface area contributed by atoms with Crippen molar-refractivity contribution < 1.29 is 4.79 Å². The average Bonchev–Trinajstić information content (AvgIpc) is 2.25. The zero-order valence-electron chi connectivity index (χ0n) is 8.94. The van der Waals surface area contributed by atoms with Crippen LogP contribution >= 0.6 is 0 Å². The number of hydrogen-bond acceptors (Lipinski definition) is 1. The van der Waals surface area contributed by atoms with Gasteiger partial charge in [-0.2, -0.15) is 0 Å². The molecule has 2 heteroatoms. The molecular weight excluding hydrogens is 251 g/mol. The number of rotatable bonds is 4. The van der Waals surface area contributed by atoms with Crippen molar-refractivity contribution in [3.8, 4) is 0 Å². The van der Waals surface area contributed by atoms with Crippen molar-refractivity contribution in [2.24, 2.45) is 0 Å². The van der Waals surface area contributed by atoms with E-state index in [4.69, 9.17) is 0 Å². The van der Waals surface area contributed by atoms with E-state index < -0.39 is 0 Å². The Morgan fingerprint density at radius 2 is 1.93 bits per heavy atom. The molecule has 0 unspecified atom stereocenters. The Kier molecular flexibility index (Phi) is 5.09. The summed E-state index contributed by atoms with van der Waals surface area (Å²) >= 11 is 0.118. The first-order chi connectivity index (χ1) is 7.24. The van der Waals surface area contributed by atoms with Gasteiger partial charge < -0.3 is 0 Å². The van der Waals surface area contributed by atoms with Crippen LogP contribution in [0.15, 0.2) is 53.0 Å². The molecule has 78 valence electrons. The van der Waals surface area contributed by atoms with Gasteiger partial charge in [0.25, 0.3) is 0 Å². The molecule has 0 aliphatic heterocycles. The van der Waals surface area contributed by atoms with Crippen LogP contribution in [0.4, 0.5) is 0 Å². The molecule has 0 saturated heterocycles. The molecule has 1 rings (SSSR count). The van der Waals surface area contributed by atoms with E-state index in [9.17, 15) is 4.79 Å². The van der Waals surface area contributed by atoms with Gasteiger partial charge in [0.15, 0.2) is 0 Å². The van der Waals surface area contributed by atoms with Crippen LogP contribution in [-0.2, 0) is 4.79 Å². The number of carbonyl (C=O) groups excluding carboxylic acids is 1. The van der Waals surface area contributed by atoms with Crippen LogP contribution in [0.3, 0.4) is 0 Å². The molecule has 0 N–H and O–H groups in total. The number of carbonyl (C=O) groups is 1. The van der Waals surface area contributed by atoms with Crippen LogP contribution in [-0.4, -0.2) is 20.7 Å². The topological polar surface area (TPSA) is 17.1 Å². The van der Waals surface area contributed by atoms with Crippen LogP contribution in [0.2, 0.25) is 0 Å². The summed E-state index contributed by atoms with van der Waals surface area (Å²) in [6.45, 7) is 3.57. The summed E-state index contributed by atoms with van der Waals surface area (Å²) in [4.78, 5) is 11.4. The quantitative estimate of drug-likeness (QED) is 0.463. The molecular formula is C13H14OSe. The van der Waals surface area contributed by atoms with Crippen LogP contribution in [0.25, 0.3) is 0 Å². The van der Waals surface area contributed by atoms with E-state index in [1.807, 2.05) is 43.4 Å². The Morgan fingerprint density at radius 3 is 2.47 bits per heavy atom. The van der Waals surface area contributed by atoms with Gasteiger partial charge in [-0.15, -0.1) is 0 Å². The first-order valence-electron chi connectivity index (χ1n) is 4.81. The second-order valence-corrected chi connectivity index (χ2v) is 5.37. The zero-order chi connectivity index (χ0) is 11.1. The van der Waals surface area contributed by atoms with Crippen LogP contribution < -0.4 is 4.46 Å². The number of allylic oxidation sites excluding steroid dienone is 4. The maximum atomic E-state index is 11.4. The SMILES string of the molecule is C/C=C/C=C(\[Se]c1ccccc1)C(C)=O. The van der Waals surface area contributed by atoms with E-state index in [0.29, 0.717) is 0 Å². The normalized spacial score (nSPS) is 12.0. The van der Waals surface area contributed by atoms with E-state index in [2.05, 4.69) is 12.1 Å². The van der Waals surface area contributed by atoms with Crippen molar-refractivity contribution in [2.45, 2.75) is 13.8 Å². The van der Waals surface area contributed by atoms with Gasteiger partial charge in [0.05, 0.1) is 0 Å². The number of ketones is 1. The van der Waals surface area contributed by atoms with Crippen LogP contribution in [0.1, 0.15) is 13.8 Å². The Hall–Kier alpha value is -1.11. The Morgan fingerprint density at radius 1 is 1.27 bits per heavy atom. The molecule has 0 heterocycles. The van der Waals surface area contributed by atoms with Crippen molar-refractivity contribution in [1.82, 2.24) is 0 Å². The van der Waals surface area contributed by atoms with Crippen molar-refractivity contribution in [3.63, 3.8) is 0 Å². The molecule has 1 aromatic carbocycles. The molecule has 0 aliphatic carbocycles. The van der Waals surface area contributed by atoms with Crippen molar-refractivity contribution in [1.29, 1.82) is 0 Å². The van der Waals surface area contributed by atoms with E-state index in [0.717, 1.165) is 4.47 Å². The van der Waals surface area contributed by atoms with E-state index in [1.165, 1.54) is 4.46 Å². The second kappa shape index (κ2) is 6.39. The molecule has 0 bridgehead atoms. The van der Waals surface area contributed by atoms with E-state index in [-0.39, 0.29) is 20.7 Å². The molecule has 0 aromatic heterocycles. The van der Waals surface area contributed by atoms with Crippen molar-refractivity contribution in [2.75, 3.05) is 0 Å². The molecule has 15 heavy (non-hydrogen) atoms. The van der Waals surface area contributed by atoms with Crippen LogP contribution in [0, 0.1) is 0 Å².